The molecule has 0 aliphatic carbocycles. The molecule has 0 aliphatic rings. The van der Waals surface area contributed by atoms with Crippen molar-refractivity contribution in [2.45, 2.75) is 18.9 Å². The Morgan fingerprint density at radius 3 is 2.54 bits per heavy atom. The maximum atomic E-state index is 12.4. The summed E-state index contributed by atoms with van der Waals surface area (Å²) in [4.78, 5) is 27.2. The fourth-order valence-corrected chi connectivity index (χ4v) is 2.70. The number of nitrogens with zero attached hydrogens (tertiary/aromatic N) is 1. The lowest BCUT2D eigenvalue weighted by atomic mass is 10.2. The van der Waals surface area contributed by atoms with Gasteiger partial charge in [0, 0.05) is 12.0 Å². The van der Waals surface area contributed by atoms with Crippen molar-refractivity contribution in [2.75, 3.05) is 7.11 Å². The van der Waals surface area contributed by atoms with E-state index >= 15 is 0 Å². The molecule has 1 amide bonds. The summed E-state index contributed by atoms with van der Waals surface area (Å²) < 4.78 is 29.7. The van der Waals surface area contributed by atoms with Crippen LogP contribution in [0.5, 0.6) is 5.75 Å². The molecule has 0 radical (unpaired) electrons. The lowest BCUT2D eigenvalue weighted by Gasteiger charge is -2.12. The normalized spacial score (nSPS) is 12.0. The monoisotopic (exact) mass is 356 g/mol. The zero-order chi connectivity index (χ0) is 17.7. The number of alkyl halides is 2. The lowest BCUT2D eigenvalue weighted by Crippen LogP contribution is -2.41. The highest BCUT2D eigenvalue weighted by molar-refractivity contribution is 7.16. The molecular formula is C15H14F2N2O4S. The number of ether oxygens (including phenoxy) is 1. The summed E-state index contributed by atoms with van der Waals surface area (Å²) in [6.45, 7) is 0. The molecule has 128 valence electrons. The Kier molecular flexibility index (Phi) is 5.80. The zero-order valence-electron chi connectivity index (χ0n) is 12.5. The van der Waals surface area contributed by atoms with E-state index in [2.05, 4.69) is 10.3 Å². The van der Waals surface area contributed by atoms with E-state index in [4.69, 9.17) is 9.84 Å². The molecule has 0 saturated heterocycles. The summed E-state index contributed by atoms with van der Waals surface area (Å²) in [5.74, 6) is -1.59. The largest absolute Gasteiger partial charge is 0.497 e. The van der Waals surface area contributed by atoms with Crippen LogP contribution in [0.25, 0.3) is 10.6 Å². The Labute approximate surface area is 140 Å². The average Bonchev–Trinajstić information content (AvgIpc) is 3.04. The van der Waals surface area contributed by atoms with Crippen LogP contribution in [-0.2, 0) is 4.79 Å². The molecule has 1 atom stereocenters. The number of halogens is 2. The van der Waals surface area contributed by atoms with Gasteiger partial charge in [-0.05, 0) is 24.3 Å². The smallest absolute Gasteiger partial charge is 0.326 e. The van der Waals surface area contributed by atoms with Crippen molar-refractivity contribution in [1.82, 2.24) is 10.3 Å². The Balaban J connectivity index is 2.10. The van der Waals surface area contributed by atoms with Gasteiger partial charge in [-0.3, -0.25) is 4.79 Å². The molecule has 1 aromatic heterocycles. The van der Waals surface area contributed by atoms with Gasteiger partial charge in [-0.1, -0.05) is 0 Å². The molecule has 1 unspecified atom stereocenters. The van der Waals surface area contributed by atoms with E-state index in [9.17, 15) is 18.4 Å². The number of benzene rings is 1. The average molecular weight is 356 g/mol. The van der Waals surface area contributed by atoms with Crippen LogP contribution in [0, 0.1) is 0 Å². The third-order valence-electron chi connectivity index (χ3n) is 3.08. The van der Waals surface area contributed by atoms with Crippen LogP contribution in [-0.4, -0.2) is 41.5 Å². The highest BCUT2D eigenvalue weighted by atomic mass is 32.1. The minimum absolute atomic E-state index is 0.140. The van der Waals surface area contributed by atoms with Gasteiger partial charge < -0.3 is 15.2 Å². The molecular weight excluding hydrogens is 342 g/mol. The second-order valence-electron chi connectivity index (χ2n) is 4.75. The molecule has 1 aromatic carbocycles. The topological polar surface area (TPSA) is 88.5 Å². The summed E-state index contributed by atoms with van der Waals surface area (Å²) in [7, 11) is 1.54. The van der Waals surface area contributed by atoms with Gasteiger partial charge in [0.25, 0.3) is 5.91 Å². The molecule has 9 heteroatoms. The predicted molar refractivity (Wildman–Crippen MR) is 83.6 cm³/mol. The molecule has 0 aliphatic heterocycles. The highest BCUT2D eigenvalue weighted by Crippen LogP contribution is 2.26. The summed E-state index contributed by atoms with van der Waals surface area (Å²) in [6.07, 6.45) is -2.51. The number of hydrogen-bond acceptors (Lipinski definition) is 5. The van der Waals surface area contributed by atoms with E-state index in [1.165, 1.54) is 6.20 Å². The van der Waals surface area contributed by atoms with Crippen molar-refractivity contribution in [2.24, 2.45) is 0 Å². The SMILES string of the molecule is COc1ccc(-c2ncc(C(=O)NC(CC(F)F)C(=O)O)s2)cc1. The summed E-state index contributed by atoms with van der Waals surface area (Å²) in [5, 5.41) is 11.5. The summed E-state index contributed by atoms with van der Waals surface area (Å²) in [5.41, 5.74) is 0.752. The number of carbonyl (C=O) groups is 2. The van der Waals surface area contributed by atoms with Gasteiger partial charge in [-0.25, -0.2) is 18.6 Å². The number of aromatic nitrogens is 1. The van der Waals surface area contributed by atoms with Gasteiger partial charge in [-0.15, -0.1) is 11.3 Å². The Bertz CT molecular complexity index is 719. The molecule has 0 spiro atoms. The van der Waals surface area contributed by atoms with Crippen molar-refractivity contribution in [3.8, 4) is 16.3 Å². The molecule has 2 N–H and O–H groups in total. The summed E-state index contributed by atoms with van der Waals surface area (Å²) >= 11 is 1.04. The van der Waals surface area contributed by atoms with Crippen LogP contribution in [0.4, 0.5) is 8.78 Å². The zero-order valence-corrected chi connectivity index (χ0v) is 13.3. The number of methoxy groups -OCH3 is 1. The van der Waals surface area contributed by atoms with Crippen LogP contribution >= 0.6 is 11.3 Å². The van der Waals surface area contributed by atoms with Gasteiger partial charge in [0.1, 0.15) is 21.7 Å². The van der Waals surface area contributed by atoms with Crippen LogP contribution in [0.3, 0.4) is 0 Å². The van der Waals surface area contributed by atoms with Crippen LogP contribution in [0.2, 0.25) is 0 Å². The number of rotatable bonds is 7. The predicted octanol–water partition coefficient (Wildman–Crippen LogP) is 2.66. The molecule has 2 rings (SSSR count). The second kappa shape index (κ2) is 7.82. The van der Waals surface area contributed by atoms with E-state index in [1.807, 2.05) is 0 Å². The van der Waals surface area contributed by atoms with E-state index in [0.717, 1.165) is 16.9 Å². The molecule has 0 saturated carbocycles. The second-order valence-corrected chi connectivity index (χ2v) is 5.78. The van der Waals surface area contributed by atoms with Gasteiger partial charge >= 0.3 is 5.97 Å². The van der Waals surface area contributed by atoms with Gasteiger partial charge in [0.05, 0.1) is 13.3 Å². The van der Waals surface area contributed by atoms with E-state index in [1.54, 1.807) is 31.4 Å². The number of carboxylic acid groups (broad SMARTS) is 1. The van der Waals surface area contributed by atoms with Crippen molar-refractivity contribution >= 4 is 23.2 Å². The van der Waals surface area contributed by atoms with Gasteiger partial charge in [-0.2, -0.15) is 0 Å². The maximum Gasteiger partial charge on any atom is 0.326 e. The van der Waals surface area contributed by atoms with Crippen molar-refractivity contribution < 1.29 is 28.2 Å². The standard InChI is InChI=1S/C15H14F2N2O4S/c1-23-9-4-2-8(3-5-9)14-18-7-11(24-14)13(20)19-10(15(21)22)6-12(16)17/h2-5,7,10,12H,6H2,1H3,(H,19,20)(H,21,22). The minimum atomic E-state index is -2.83. The third-order valence-corrected chi connectivity index (χ3v) is 4.13. The maximum absolute atomic E-state index is 12.4. The van der Waals surface area contributed by atoms with Crippen molar-refractivity contribution in [1.29, 1.82) is 0 Å². The quantitative estimate of drug-likeness (QED) is 0.796. The number of carboxylic acids is 1. The molecule has 1 heterocycles. The van der Waals surface area contributed by atoms with Crippen LogP contribution in [0.15, 0.2) is 30.5 Å². The lowest BCUT2D eigenvalue weighted by molar-refractivity contribution is -0.140. The molecule has 2 aromatic rings. The van der Waals surface area contributed by atoms with Crippen LogP contribution < -0.4 is 10.1 Å². The van der Waals surface area contributed by atoms with Crippen molar-refractivity contribution in [3.05, 3.63) is 35.3 Å². The van der Waals surface area contributed by atoms with E-state index in [0.29, 0.717) is 10.8 Å². The first-order valence-electron chi connectivity index (χ1n) is 6.82. The fourth-order valence-electron chi connectivity index (χ4n) is 1.88. The number of carbonyl (C=O) groups excluding carboxylic acids is 1. The molecule has 0 fully saturated rings. The van der Waals surface area contributed by atoms with Crippen molar-refractivity contribution in [3.63, 3.8) is 0 Å². The van der Waals surface area contributed by atoms with Gasteiger partial charge in [0.15, 0.2) is 0 Å². The molecule has 24 heavy (non-hydrogen) atoms. The Hall–Kier alpha value is -2.55. The summed E-state index contributed by atoms with van der Waals surface area (Å²) in [6, 6.07) is 5.34. The first-order chi connectivity index (χ1) is 11.4. The third kappa shape index (κ3) is 4.48. The first kappa shape index (κ1) is 17.8. The molecule has 6 nitrogen and oxygen atoms in total. The number of nitrogens with one attached hydrogen (secondary N) is 1. The van der Waals surface area contributed by atoms with Crippen LogP contribution in [0.1, 0.15) is 16.1 Å². The number of aliphatic carboxylic acids is 1. The fraction of sp³-hybridized carbons (Fsp3) is 0.267. The number of thiazole rings is 1. The van der Waals surface area contributed by atoms with E-state index in [-0.39, 0.29) is 4.88 Å². The number of hydrogen-bond donors (Lipinski definition) is 2. The number of amides is 1. The molecule has 0 bridgehead atoms. The minimum Gasteiger partial charge on any atom is -0.497 e. The first-order valence-corrected chi connectivity index (χ1v) is 7.64. The highest BCUT2D eigenvalue weighted by Gasteiger charge is 2.25. The Morgan fingerprint density at radius 2 is 2.00 bits per heavy atom. The Morgan fingerprint density at radius 1 is 1.33 bits per heavy atom. The van der Waals surface area contributed by atoms with Gasteiger partial charge in [0.2, 0.25) is 6.43 Å². The van der Waals surface area contributed by atoms with E-state index < -0.39 is 30.8 Å².